The normalized spacial score (nSPS) is 14.0. The van der Waals surface area contributed by atoms with Crippen molar-refractivity contribution in [1.29, 1.82) is 0 Å². The lowest BCUT2D eigenvalue weighted by Gasteiger charge is -2.15. The summed E-state index contributed by atoms with van der Waals surface area (Å²) < 4.78 is 8.78. The molecule has 0 amide bonds. The molecule has 0 aliphatic rings. The Hall–Kier alpha value is -1.11. The molecule has 6 atom stereocenters. The highest BCUT2D eigenvalue weighted by atomic mass is 31.0. The van der Waals surface area contributed by atoms with Crippen molar-refractivity contribution in [3.05, 3.63) is 11.6 Å². The molecular formula is C18H41N3O6P2. The van der Waals surface area contributed by atoms with Crippen LogP contribution in [0.15, 0.2) is 11.6 Å². The Kier molecular flexibility index (Phi) is 28.2. The van der Waals surface area contributed by atoms with Crippen molar-refractivity contribution in [2.24, 2.45) is 17.6 Å². The van der Waals surface area contributed by atoms with Gasteiger partial charge in [-0.2, -0.15) is 0 Å². The molecule has 29 heavy (non-hydrogen) atoms. The van der Waals surface area contributed by atoms with Gasteiger partial charge in [0.1, 0.15) is 0 Å². The van der Waals surface area contributed by atoms with Gasteiger partial charge in [-0.3, -0.25) is 9.59 Å². The predicted molar refractivity (Wildman–Crippen MR) is 124 cm³/mol. The van der Waals surface area contributed by atoms with Crippen molar-refractivity contribution in [3.8, 4) is 0 Å². The quantitative estimate of drug-likeness (QED) is 0.332. The first-order valence-electron chi connectivity index (χ1n) is 9.04. The van der Waals surface area contributed by atoms with Gasteiger partial charge in [-0.05, 0) is 48.8 Å². The first-order chi connectivity index (χ1) is 13.4. The predicted octanol–water partition coefficient (Wildman–Crippen LogP) is 1.74. The van der Waals surface area contributed by atoms with Crippen molar-refractivity contribution < 1.29 is 28.5 Å². The van der Waals surface area contributed by atoms with Crippen molar-refractivity contribution in [2.45, 2.75) is 53.6 Å². The molecule has 11 heteroatoms. The lowest BCUT2D eigenvalue weighted by molar-refractivity contribution is -0.142. The summed E-state index contributed by atoms with van der Waals surface area (Å²) in [5.41, 5.74) is 5.12. The number of nitrogens with two attached hydrogens (primary N) is 1. The molecule has 0 aliphatic heterocycles. The Morgan fingerprint density at radius 2 is 1.31 bits per heavy atom. The second kappa shape index (κ2) is 23.2. The topological polar surface area (TPSA) is 140 Å². The van der Waals surface area contributed by atoms with Crippen LogP contribution in [0, 0.1) is 11.8 Å². The van der Waals surface area contributed by atoms with E-state index in [4.69, 9.17) is 5.11 Å². The number of carbonyl (C=O) groups excluding carboxylic acids is 2. The van der Waals surface area contributed by atoms with Gasteiger partial charge in [0.25, 0.3) is 0 Å². The minimum absolute atomic E-state index is 0.0440. The maximum atomic E-state index is 10.8. The summed E-state index contributed by atoms with van der Waals surface area (Å²) >= 11 is 0. The van der Waals surface area contributed by atoms with Gasteiger partial charge in [-0.1, -0.05) is 19.9 Å². The largest absolute Gasteiger partial charge is 0.481 e. The first-order valence-corrected chi connectivity index (χ1v) is 9.98. The van der Waals surface area contributed by atoms with Gasteiger partial charge in [-0.15, -0.1) is 0 Å². The number of hydrogen-bond donors (Lipinski definition) is 4. The fourth-order valence-corrected chi connectivity index (χ4v) is 1.64. The highest BCUT2D eigenvalue weighted by Crippen LogP contribution is 2.06. The van der Waals surface area contributed by atoms with E-state index in [2.05, 4.69) is 25.4 Å². The van der Waals surface area contributed by atoms with E-state index < -0.39 is 5.97 Å². The molecule has 0 aromatic heterocycles. The lowest BCUT2D eigenvalue weighted by Crippen LogP contribution is -2.33. The van der Waals surface area contributed by atoms with Crippen LogP contribution in [0.5, 0.6) is 0 Å². The highest BCUT2D eigenvalue weighted by Gasteiger charge is 2.18. The van der Waals surface area contributed by atoms with Crippen LogP contribution in [0.3, 0.4) is 0 Å². The van der Waals surface area contributed by atoms with Gasteiger partial charge in [0.05, 0.1) is 30.8 Å². The number of nitrogens with one attached hydrogen (secondary N) is 2. The Morgan fingerprint density at radius 1 is 0.931 bits per heavy atom. The van der Waals surface area contributed by atoms with E-state index in [1.54, 1.807) is 33.9 Å². The maximum Gasteiger partial charge on any atom is 0.335 e. The maximum absolute atomic E-state index is 10.8. The minimum atomic E-state index is -0.753. The molecule has 0 heterocycles. The van der Waals surface area contributed by atoms with Crippen molar-refractivity contribution in [2.75, 3.05) is 21.1 Å². The second-order valence-corrected chi connectivity index (χ2v) is 6.36. The third-order valence-corrected chi connectivity index (χ3v) is 4.60. The molecule has 0 saturated heterocycles. The molecule has 0 aromatic rings. The van der Waals surface area contributed by atoms with E-state index >= 15 is 0 Å². The van der Waals surface area contributed by atoms with Crippen molar-refractivity contribution >= 4 is 36.8 Å². The van der Waals surface area contributed by atoms with Gasteiger partial charge in [-0.25, -0.2) is 4.79 Å². The molecule has 5 N–H and O–H groups in total. The van der Waals surface area contributed by atoms with Crippen LogP contribution in [0.4, 0.5) is 0 Å². The van der Waals surface area contributed by atoms with Gasteiger partial charge in [0.15, 0.2) is 0 Å². The van der Waals surface area contributed by atoms with E-state index in [-0.39, 0.29) is 35.9 Å². The summed E-state index contributed by atoms with van der Waals surface area (Å²) in [5, 5.41) is 14.3. The smallest absolute Gasteiger partial charge is 0.335 e. The Morgan fingerprint density at radius 3 is 1.48 bits per heavy atom. The molecule has 0 aromatic carbocycles. The van der Waals surface area contributed by atoms with Crippen LogP contribution >= 0.6 is 18.9 Å². The fourth-order valence-electron chi connectivity index (χ4n) is 1.24. The van der Waals surface area contributed by atoms with Crippen LogP contribution in [-0.2, 0) is 23.4 Å². The molecule has 9 nitrogen and oxygen atoms in total. The Bertz CT molecular complexity index is 479. The van der Waals surface area contributed by atoms with Gasteiger partial charge in [0.2, 0.25) is 0 Å². The fraction of sp³-hybridized carbons (Fsp3) is 0.722. The van der Waals surface area contributed by atoms with E-state index in [1.807, 2.05) is 46.8 Å². The summed E-state index contributed by atoms with van der Waals surface area (Å²) in [5.74, 6) is -1.65. The summed E-state index contributed by atoms with van der Waals surface area (Å²) in [4.78, 5) is 31.5. The molecule has 0 spiro atoms. The number of allylic oxidation sites excluding steroid dienone is 1. The van der Waals surface area contributed by atoms with Gasteiger partial charge in [0, 0.05) is 17.7 Å². The second-order valence-electron chi connectivity index (χ2n) is 5.88. The van der Waals surface area contributed by atoms with Crippen LogP contribution in [0.1, 0.15) is 41.5 Å². The molecule has 0 rings (SSSR count). The van der Waals surface area contributed by atoms with Crippen LogP contribution in [0.2, 0.25) is 0 Å². The molecule has 174 valence electrons. The highest BCUT2D eigenvalue weighted by molar-refractivity contribution is 7.11. The van der Waals surface area contributed by atoms with E-state index in [1.165, 1.54) is 7.05 Å². The summed E-state index contributed by atoms with van der Waals surface area (Å²) in [6.45, 7) is 10.8. The van der Waals surface area contributed by atoms with E-state index in [0.717, 1.165) is 0 Å². The number of rotatable bonds is 7. The molecule has 0 bridgehead atoms. The number of carboxylic acids is 1. The standard InChI is InChI=1S/C6H14NO2P.C6H13NO2.C5H9O2P.CH5N/c1-4(5(2)7-3)6(8)9-10;1-4(6(8)9)5(2)7-3;1-3-4(2)5(6)7-8;1-2/h4-5,7H,10H2,1-3H3;4-5,7H,1-3H3,(H,8,9);3H,8H2,1-2H3;2H2,1H3/b;;4-3+;. The third-order valence-electron chi connectivity index (χ3n) is 4.15. The molecule has 0 aliphatic carbocycles. The number of aliphatic carboxylic acids is 1. The van der Waals surface area contributed by atoms with E-state index in [0.29, 0.717) is 5.57 Å². The molecule has 6 unspecified atom stereocenters. The van der Waals surface area contributed by atoms with Gasteiger partial charge < -0.3 is 30.5 Å². The van der Waals surface area contributed by atoms with Crippen molar-refractivity contribution in [3.63, 3.8) is 0 Å². The number of carboxylic acid groups (broad SMARTS) is 1. The van der Waals surface area contributed by atoms with Gasteiger partial charge >= 0.3 is 17.9 Å². The Balaban J connectivity index is -0.000000156. The average Bonchev–Trinajstić information content (AvgIpc) is 2.76. The SMILES string of the molecule is C/C=C(\C)C(=O)OP.CN.CNC(C)C(C)C(=O)O.CNC(C)C(C)C(=O)OP. The Labute approximate surface area is 180 Å². The summed E-state index contributed by atoms with van der Waals surface area (Å²) in [6, 6.07) is 0.204. The monoisotopic (exact) mass is 457 g/mol. The van der Waals surface area contributed by atoms with Crippen LogP contribution in [0.25, 0.3) is 0 Å². The zero-order valence-electron chi connectivity index (χ0n) is 19.1. The lowest BCUT2D eigenvalue weighted by atomic mass is 10.1. The molecular weight excluding hydrogens is 416 g/mol. The third kappa shape index (κ3) is 20.0. The molecule has 0 saturated carbocycles. The van der Waals surface area contributed by atoms with Crippen molar-refractivity contribution in [1.82, 2.24) is 10.6 Å². The van der Waals surface area contributed by atoms with E-state index in [9.17, 15) is 14.4 Å². The molecule has 0 fully saturated rings. The molecule has 0 radical (unpaired) electrons. The first kappa shape index (κ1) is 35.3. The zero-order chi connectivity index (χ0) is 24.2. The summed E-state index contributed by atoms with van der Waals surface area (Å²) in [7, 11) is 8.92. The zero-order valence-corrected chi connectivity index (χ0v) is 21.4. The van der Waals surface area contributed by atoms with Crippen LogP contribution in [-0.4, -0.2) is 56.2 Å². The summed E-state index contributed by atoms with van der Waals surface area (Å²) in [6.07, 6.45) is 1.70. The van der Waals surface area contributed by atoms with Crippen LogP contribution < -0.4 is 16.4 Å². The number of carbonyl (C=O) groups is 3. The average molecular weight is 457 g/mol. The minimum Gasteiger partial charge on any atom is -0.481 e. The number of hydrogen-bond acceptors (Lipinski definition) is 8.